The van der Waals surface area contributed by atoms with E-state index in [9.17, 15) is 23.3 Å². The molecule has 76 valence electrons. The first-order valence-corrected chi connectivity index (χ1v) is 3.52. The SMILES string of the molecule is Cc1c(C(F)F)cnc(F)c1[N+](=O)[O-]. The summed E-state index contributed by atoms with van der Waals surface area (Å²) in [6.07, 6.45) is -2.30. The smallest absolute Gasteiger partial charge is 0.258 e. The molecule has 1 aromatic rings. The number of nitro groups is 1. The number of hydrogen-bond acceptors (Lipinski definition) is 3. The van der Waals surface area contributed by atoms with Crippen molar-refractivity contribution < 1.29 is 18.1 Å². The lowest BCUT2D eigenvalue weighted by Gasteiger charge is -2.04. The van der Waals surface area contributed by atoms with Gasteiger partial charge in [-0.1, -0.05) is 0 Å². The summed E-state index contributed by atoms with van der Waals surface area (Å²) < 4.78 is 37.2. The highest BCUT2D eigenvalue weighted by Crippen LogP contribution is 2.29. The van der Waals surface area contributed by atoms with Gasteiger partial charge in [-0.2, -0.15) is 4.39 Å². The minimum atomic E-state index is -2.90. The molecule has 0 aliphatic rings. The highest BCUT2D eigenvalue weighted by atomic mass is 19.3. The lowest BCUT2D eigenvalue weighted by atomic mass is 10.1. The first-order chi connectivity index (χ1) is 6.45. The molecule has 7 heteroatoms. The molecule has 0 saturated heterocycles. The normalized spacial score (nSPS) is 10.6. The third-order valence-electron chi connectivity index (χ3n) is 1.72. The van der Waals surface area contributed by atoms with E-state index in [0.717, 1.165) is 6.92 Å². The minimum Gasteiger partial charge on any atom is -0.258 e. The number of halogens is 3. The van der Waals surface area contributed by atoms with E-state index in [1.54, 1.807) is 0 Å². The maximum atomic E-state index is 12.7. The van der Waals surface area contributed by atoms with Gasteiger partial charge in [0, 0.05) is 17.3 Å². The molecule has 1 rings (SSSR count). The molecule has 0 fully saturated rings. The zero-order valence-corrected chi connectivity index (χ0v) is 7.00. The van der Waals surface area contributed by atoms with Gasteiger partial charge in [0.15, 0.2) is 0 Å². The second-order valence-electron chi connectivity index (χ2n) is 2.54. The second kappa shape index (κ2) is 3.60. The van der Waals surface area contributed by atoms with E-state index in [-0.39, 0.29) is 0 Å². The van der Waals surface area contributed by atoms with E-state index >= 15 is 0 Å². The van der Waals surface area contributed by atoms with Gasteiger partial charge < -0.3 is 0 Å². The highest BCUT2D eigenvalue weighted by molar-refractivity contribution is 5.42. The van der Waals surface area contributed by atoms with Crippen LogP contribution in [0.15, 0.2) is 6.20 Å². The average molecular weight is 206 g/mol. The molecule has 1 aromatic heterocycles. The Morgan fingerprint density at radius 2 is 2.14 bits per heavy atom. The predicted molar refractivity (Wildman–Crippen MR) is 40.5 cm³/mol. The predicted octanol–water partition coefficient (Wildman–Crippen LogP) is 2.37. The van der Waals surface area contributed by atoms with Gasteiger partial charge in [-0.25, -0.2) is 13.8 Å². The Labute approximate surface area is 76.5 Å². The van der Waals surface area contributed by atoms with Gasteiger partial charge in [-0.05, 0) is 6.92 Å². The molecule has 1 heterocycles. The molecule has 0 N–H and O–H groups in total. The topological polar surface area (TPSA) is 56.0 Å². The van der Waals surface area contributed by atoms with Gasteiger partial charge in [0.25, 0.3) is 12.4 Å². The summed E-state index contributed by atoms with van der Waals surface area (Å²) in [4.78, 5) is 12.1. The molecule has 14 heavy (non-hydrogen) atoms. The second-order valence-corrected chi connectivity index (χ2v) is 2.54. The average Bonchev–Trinajstić information content (AvgIpc) is 2.02. The van der Waals surface area contributed by atoms with Crippen LogP contribution < -0.4 is 0 Å². The number of alkyl halides is 2. The monoisotopic (exact) mass is 206 g/mol. The first-order valence-electron chi connectivity index (χ1n) is 3.52. The number of aromatic nitrogens is 1. The lowest BCUT2D eigenvalue weighted by molar-refractivity contribution is -0.388. The Morgan fingerprint density at radius 1 is 1.57 bits per heavy atom. The molecule has 0 saturated carbocycles. The van der Waals surface area contributed by atoms with Crippen LogP contribution in [0.1, 0.15) is 17.6 Å². The van der Waals surface area contributed by atoms with E-state index in [1.807, 2.05) is 0 Å². The van der Waals surface area contributed by atoms with Gasteiger partial charge in [-0.15, -0.1) is 0 Å². The van der Waals surface area contributed by atoms with Gasteiger partial charge in [0.1, 0.15) is 0 Å². The summed E-state index contributed by atoms with van der Waals surface area (Å²) in [5.74, 6) is -1.35. The molecule has 0 radical (unpaired) electrons. The van der Waals surface area contributed by atoms with Crippen LogP contribution in [0.5, 0.6) is 0 Å². The number of pyridine rings is 1. The Kier molecular flexibility index (Phi) is 2.68. The fourth-order valence-electron chi connectivity index (χ4n) is 1.01. The van der Waals surface area contributed by atoms with Crippen molar-refractivity contribution in [3.05, 3.63) is 33.4 Å². The summed E-state index contributed by atoms with van der Waals surface area (Å²) in [7, 11) is 0. The van der Waals surface area contributed by atoms with Crippen molar-refractivity contribution in [1.29, 1.82) is 0 Å². The van der Waals surface area contributed by atoms with Crippen LogP contribution in [0.25, 0.3) is 0 Å². The summed E-state index contributed by atoms with van der Waals surface area (Å²) in [5, 5.41) is 10.3. The van der Waals surface area contributed by atoms with E-state index in [1.165, 1.54) is 0 Å². The summed E-state index contributed by atoms with van der Waals surface area (Å²) in [6.45, 7) is 1.06. The molecule has 0 bridgehead atoms. The van der Waals surface area contributed by atoms with E-state index < -0.39 is 34.1 Å². The van der Waals surface area contributed by atoms with Gasteiger partial charge in [0.05, 0.1) is 4.92 Å². The Balaban J connectivity index is 3.41. The number of hydrogen-bond donors (Lipinski definition) is 0. The lowest BCUT2D eigenvalue weighted by Crippen LogP contribution is -2.02. The molecule has 0 atom stereocenters. The maximum absolute atomic E-state index is 12.7. The molecule has 0 amide bonds. The Morgan fingerprint density at radius 3 is 2.57 bits per heavy atom. The van der Waals surface area contributed by atoms with Crippen molar-refractivity contribution >= 4 is 5.69 Å². The van der Waals surface area contributed by atoms with Gasteiger partial charge in [0.2, 0.25) is 0 Å². The van der Waals surface area contributed by atoms with Gasteiger partial charge >= 0.3 is 5.69 Å². The van der Waals surface area contributed by atoms with Crippen molar-refractivity contribution in [1.82, 2.24) is 4.98 Å². The number of rotatable bonds is 2. The fraction of sp³-hybridized carbons (Fsp3) is 0.286. The molecular formula is C7H5F3N2O2. The molecule has 0 spiro atoms. The Bertz CT molecular complexity index is 381. The van der Waals surface area contributed by atoms with Crippen molar-refractivity contribution in [3.63, 3.8) is 0 Å². The summed E-state index contributed by atoms with van der Waals surface area (Å²) >= 11 is 0. The van der Waals surface area contributed by atoms with Crippen molar-refractivity contribution in [3.8, 4) is 0 Å². The quantitative estimate of drug-likeness (QED) is 0.424. The van der Waals surface area contributed by atoms with E-state index in [2.05, 4.69) is 4.98 Å². The summed E-state index contributed by atoms with van der Waals surface area (Å²) in [5.41, 5.74) is -2.02. The molecule has 0 aliphatic heterocycles. The molecule has 0 aliphatic carbocycles. The largest absolute Gasteiger partial charge is 0.327 e. The zero-order chi connectivity index (χ0) is 10.9. The van der Waals surface area contributed by atoms with E-state index in [0.29, 0.717) is 6.20 Å². The third-order valence-corrected chi connectivity index (χ3v) is 1.72. The first kappa shape index (κ1) is 10.4. The van der Waals surface area contributed by atoms with Crippen LogP contribution >= 0.6 is 0 Å². The van der Waals surface area contributed by atoms with Crippen LogP contribution in [0, 0.1) is 23.0 Å². The highest BCUT2D eigenvalue weighted by Gasteiger charge is 2.25. The number of nitrogens with zero attached hydrogens (tertiary/aromatic N) is 2. The van der Waals surface area contributed by atoms with Crippen LogP contribution in [0.4, 0.5) is 18.9 Å². The zero-order valence-electron chi connectivity index (χ0n) is 7.00. The molecule has 0 aromatic carbocycles. The van der Waals surface area contributed by atoms with Crippen LogP contribution in [0.3, 0.4) is 0 Å². The molecular weight excluding hydrogens is 201 g/mol. The van der Waals surface area contributed by atoms with Gasteiger partial charge in [-0.3, -0.25) is 10.1 Å². The van der Waals surface area contributed by atoms with Crippen LogP contribution in [0.2, 0.25) is 0 Å². The van der Waals surface area contributed by atoms with Crippen LogP contribution in [-0.4, -0.2) is 9.91 Å². The summed E-state index contributed by atoms with van der Waals surface area (Å²) in [6, 6.07) is 0. The van der Waals surface area contributed by atoms with Crippen molar-refractivity contribution in [2.45, 2.75) is 13.3 Å². The molecule has 4 nitrogen and oxygen atoms in total. The maximum Gasteiger partial charge on any atom is 0.327 e. The van der Waals surface area contributed by atoms with E-state index in [4.69, 9.17) is 0 Å². The standard InChI is InChI=1S/C7H5F3N2O2/c1-3-4(6(8)9)2-11-7(10)5(3)12(13)14/h2,6H,1H3. The molecule has 0 unspecified atom stereocenters. The van der Waals surface area contributed by atoms with Crippen molar-refractivity contribution in [2.75, 3.05) is 0 Å². The van der Waals surface area contributed by atoms with Crippen LogP contribution in [-0.2, 0) is 0 Å². The third kappa shape index (κ3) is 1.66. The Hall–Kier alpha value is -1.66. The minimum absolute atomic E-state index is 0.391. The van der Waals surface area contributed by atoms with Crippen molar-refractivity contribution in [2.24, 2.45) is 0 Å². The fourth-order valence-corrected chi connectivity index (χ4v) is 1.01.